The predicted molar refractivity (Wildman–Crippen MR) is 131 cm³/mol. The Kier molecular flexibility index (Phi) is 9.71. The smallest absolute Gasteiger partial charge is 0.378 e. The second-order valence-electron chi connectivity index (χ2n) is 8.18. The van der Waals surface area contributed by atoms with Crippen molar-refractivity contribution in [2.45, 2.75) is 35.5 Å². The van der Waals surface area contributed by atoms with Crippen molar-refractivity contribution >= 4 is 35.5 Å². The minimum Gasteiger partial charge on any atom is -0.378 e. The summed E-state index contributed by atoms with van der Waals surface area (Å²) in [6.07, 6.45) is -8.42. The molecule has 206 valence electrons. The van der Waals surface area contributed by atoms with E-state index in [1.807, 2.05) is 6.92 Å². The Labute approximate surface area is 219 Å². The van der Waals surface area contributed by atoms with Crippen LogP contribution < -0.4 is 10.6 Å². The first-order valence-corrected chi connectivity index (χ1v) is 12.4. The highest BCUT2D eigenvalue weighted by Gasteiger charge is 2.46. The van der Waals surface area contributed by atoms with Crippen LogP contribution in [0.4, 0.5) is 36.8 Å². The highest BCUT2D eigenvalue weighted by atomic mass is 32.2. The van der Waals surface area contributed by atoms with Crippen molar-refractivity contribution in [3.63, 3.8) is 0 Å². The summed E-state index contributed by atoms with van der Waals surface area (Å²) in [5, 5.41) is 5.11. The number of hydrogen-bond donors (Lipinski definition) is 2. The lowest BCUT2D eigenvalue weighted by Crippen LogP contribution is -2.39. The summed E-state index contributed by atoms with van der Waals surface area (Å²) in [7, 11) is 0. The summed E-state index contributed by atoms with van der Waals surface area (Å²) >= 11 is 0.481. The molecular formula is C25H25F6N3O3S. The first kappa shape index (κ1) is 29.4. The first-order chi connectivity index (χ1) is 17.9. The Morgan fingerprint density at radius 2 is 1.71 bits per heavy atom. The number of nitrogens with zero attached hydrogens (tertiary/aromatic N) is 1. The SMILES string of the molecule is CCCNC(=O)Nc1cccc(Sc2ccc(C=CC(=O)N3CCOCC3)c(C(F)(F)F)c2C(F)(F)F)c1. The van der Waals surface area contributed by atoms with E-state index in [0.717, 1.165) is 24.3 Å². The van der Waals surface area contributed by atoms with Gasteiger partial charge in [-0.1, -0.05) is 30.8 Å². The monoisotopic (exact) mass is 561 g/mol. The number of anilines is 1. The predicted octanol–water partition coefficient (Wildman–Crippen LogP) is 6.28. The first-order valence-electron chi connectivity index (χ1n) is 11.6. The molecule has 0 saturated carbocycles. The van der Waals surface area contributed by atoms with Crippen LogP contribution in [-0.2, 0) is 21.9 Å². The summed E-state index contributed by atoms with van der Waals surface area (Å²) in [5.74, 6) is -0.624. The van der Waals surface area contributed by atoms with Crippen LogP contribution in [0.3, 0.4) is 0 Å². The van der Waals surface area contributed by atoms with Gasteiger partial charge in [0.25, 0.3) is 0 Å². The third kappa shape index (κ3) is 7.90. The Balaban J connectivity index is 1.97. The van der Waals surface area contributed by atoms with E-state index in [2.05, 4.69) is 10.6 Å². The van der Waals surface area contributed by atoms with Crippen molar-refractivity contribution in [3.8, 4) is 0 Å². The number of benzene rings is 2. The summed E-state index contributed by atoms with van der Waals surface area (Å²) in [6.45, 7) is 3.25. The molecule has 0 aliphatic carbocycles. The molecule has 1 fully saturated rings. The molecule has 6 nitrogen and oxygen atoms in total. The van der Waals surface area contributed by atoms with Crippen LogP contribution in [0.15, 0.2) is 52.3 Å². The third-order valence-electron chi connectivity index (χ3n) is 5.35. The number of halogens is 6. The van der Waals surface area contributed by atoms with Crippen LogP contribution in [0.1, 0.15) is 30.0 Å². The van der Waals surface area contributed by atoms with Crippen molar-refractivity contribution in [2.75, 3.05) is 38.2 Å². The zero-order valence-corrected chi connectivity index (χ0v) is 21.0. The molecule has 0 spiro atoms. The molecule has 0 radical (unpaired) electrons. The molecule has 1 aliphatic heterocycles. The zero-order valence-electron chi connectivity index (χ0n) is 20.2. The molecule has 2 aromatic carbocycles. The van der Waals surface area contributed by atoms with Gasteiger partial charge in [0.1, 0.15) is 0 Å². The summed E-state index contributed by atoms with van der Waals surface area (Å²) in [6, 6.07) is 7.07. The number of amides is 3. The summed E-state index contributed by atoms with van der Waals surface area (Å²) in [4.78, 5) is 25.1. The molecule has 0 unspecified atom stereocenters. The standard InChI is InChI=1S/C25H25F6N3O3S/c1-2-10-32-23(36)33-17-4-3-5-18(15-17)38-19-8-6-16(7-9-20(35)34-11-13-37-14-12-34)21(24(26,27)28)22(19)25(29,30)31/h3-9,15H,2,10-14H2,1H3,(H2,32,33,36). The fourth-order valence-electron chi connectivity index (χ4n) is 3.64. The van der Waals surface area contributed by atoms with Crippen LogP contribution in [0.5, 0.6) is 0 Å². The van der Waals surface area contributed by atoms with E-state index in [-0.39, 0.29) is 36.9 Å². The number of hydrogen-bond acceptors (Lipinski definition) is 4. The van der Waals surface area contributed by atoms with Crippen molar-refractivity contribution in [1.82, 2.24) is 10.2 Å². The molecule has 0 aromatic heterocycles. The Morgan fingerprint density at radius 1 is 1.03 bits per heavy atom. The number of alkyl halides is 6. The highest BCUT2D eigenvalue weighted by molar-refractivity contribution is 7.99. The fraction of sp³-hybridized carbons (Fsp3) is 0.360. The molecule has 13 heteroatoms. The van der Waals surface area contributed by atoms with Gasteiger partial charge in [-0.2, -0.15) is 26.3 Å². The van der Waals surface area contributed by atoms with E-state index >= 15 is 0 Å². The minimum absolute atomic E-state index is 0.183. The summed E-state index contributed by atoms with van der Waals surface area (Å²) in [5.41, 5.74) is -4.25. The molecule has 0 bridgehead atoms. The molecule has 3 rings (SSSR count). The number of ether oxygens (including phenoxy) is 1. The van der Waals surface area contributed by atoms with E-state index in [1.54, 1.807) is 0 Å². The maximum absolute atomic E-state index is 14.1. The molecule has 2 aromatic rings. The van der Waals surface area contributed by atoms with E-state index < -0.39 is 45.9 Å². The van der Waals surface area contributed by atoms with Gasteiger partial charge in [-0.25, -0.2) is 4.79 Å². The van der Waals surface area contributed by atoms with Gasteiger partial charge in [0.05, 0.1) is 24.3 Å². The van der Waals surface area contributed by atoms with E-state index in [0.29, 0.717) is 24.7 Å². The number of morpholine rings is 1. The van der Waals surface area contributed by atoms with Gasteiger partial charge in [0.15, 0.2) is 0 Å². The van der Waals surface area contributed by atoms with Crippen LogP contribution >= 0.6 is 11.8 Å². The Morgan fingerprint density at radius 3 is 2.34 bits per heavy atom. The molecule has 1 heterocycles. The van der Waals surface area contributed by atoms with Gasteiger partial charge in [-0.15, -0.1) is 0 Å². The average molecular weight is 562 g/mol. The van der Waals surface area contributed by atoms with Crippen LogP contribution in [0, 0.1) is 0 Å². The molecule has 3 amide bonds. The van der Waals surface area contributed by atoms with Crippen LogP contribution in [-0.4, -0.2) is 49.7 Å². The van der Waals surface area contributed by atoms with E-state index in [9.17, 15) is 35.9 Å². The fourth-order valence-corrected chi connectivity index (χ4v) is 4.68. The van der Waals surface area contributed by atoms with E-state index in [1.165, 1.54) is 29.2 Å². The van der Waals surface area contributed by atoms with Crippen LogP contribution in [0.2, 0.25) is 0 Å². The highest BCUT2D eigenvalue weighted by Crippen LogP contribution is 2.48. The summed E-state index contributed by atoms with van der Waals surface area (Å²) < 4.78 is 89.5. The van der Waals surface area contributed by atoms with E-state index in [4.69, 9.17) is 4.74 Å². The molecule has 38 heavy (non-hydrogen) atoms. The normalized spacial score (nSPS) is 14.6. The van der Waals surface area contributed by atoms with Gasteiger partial charge in [0.2, 0.25) is 5.91 Å². The number of carbonyl (C=O) groups excluding carboxylic acids is 2. The maximum atomic E-state index is 14.1. The molecular weight excluding hydrogens is 536 g/mol. The number of nitrogens with one attached hydrogen (secondary N) is 2. The van der Waals surface area contributed by atoms with Gasteiger partial charge >= 0.3 is 18.4 Å². The second-order valence-corrected chi connectivity index (χ2v) is 9.30. The van der Waals surface area contributed by atoms with Gasteiger partial charge < -0.3 is 20.3 Å². The van der Waals surface area contributed by atoms with Gasteiger partial charge in [-0.05, 0) is 42.3 Å². The quantitative estimate of drug-likeness (QED) is 0.309. The topological polar surface area (TPSA) is 70.7 Å². The second kappa shape index (κ2) is 12.6. The number of rotatable bonds is 7. The molecule has 1 aliphatic rings. The van der Waals surface area contributed by atoms with Crippen molar-refractivity contribution in [1.29, 1.82) is 0 Å². The van der Waals surface area contributed by atoms with Gasteiger partial charge in [0, 0.05) is 41.2 Å². The van der Waals surface area contributed by atoms with Crippen LogP contribution in [0.25, 0.3) is 6.08 Å². The molecule has 0 atom stereocenters. The Hall–Kier alpha value is -3.19. The average Bonchev–Trinajstić information content (AvgIpc) is 2.85. The zero-order chi connectivity index (χ0) is 27.9. The number of carbonyl (C=O) groups is 2. The molecule has 2 N–H and O–H groups in total. The third-order valence-corrected chi connectivity index (χ3v) is 6.40. The number of urea groups is 1. The lowest BCUT2D eigenvalue weighted by molar-refractivity contribution is -0.163. The maximum Gasteiger partial charge on any atom is 0.418 e. The van der Waals surface area contributed by atoms with Crippen molar-refractivity contribution in [2.24, 2.45) is 0 Å². The minimum atomic E-state index is -5.36. The molecule has 1 saturated heterocycles. The van der Waals surface area contributed by atoms with Crippen molar-refractivity contribution < 1.29 is 40.7 Å². The largest absolute Gasteiger partial charge is 0.418 e. The lowest BCUT2D eigenvalue weighted by Gasteiger charge is -2.25. The lowest BCUT2D eigenvalue weighted by atomic mass is 9.99. The van der Waals surface area contributed by atoms with Gasteiger partial charge in [-0.3, -0.25) is 4.79 Å². The van der Waals surface area contributed by atoms with Crippen molar-refractivity contribution in [3.05, 3.63) is 59.2 Å². The Bertz CT molecular complexity index is 1180.